The molecule has 17 heavy (non-hydrogen) atoms. The highest BCUT2D eigenvalue weighted by Crippen LogP contribution is 2.09. The standard InChI is InChI=1S/C12H19N3O2/c1-9-8-14-10(2)12(15-9)13-7-5-3-4-6-11(16)17/h8H,3-7H2,1-2H3,(H,13,15)(H,16,17). The van der Waals surface area contributed by atoms with E-state index in [-0.39, 0.29) is 6.42 Å². The second kappa shape index (κ2) is 6.83. The van der Waals surface area contributed by atoms with Crippen LogP contribution in [0.25, 0.3) is 0 Å². The van der Waals surface area contributed by atoms with Crippen LogP contribution in [0.5, 0.6) is 0 Å². The van der Waals surface area contributed by atoms with Crippen molar-refractivity contribution in [1.82, 2.24) is 9.97 Å². The molecule has 0 aliphatic rings. The molecule has 5 heteroatoms. The van der Waals surface area contributed by atoms with E-state index in [2.05, 4.69) is 15.3 Å². The van der Waals surface area contributed by atoms with Crippen molar-refractivity contribution in [2.75, 3.05) is 11.9 Å². The number of rotatable bonds is 7. The number of nitrogens with one attached hydrogen (secondary N) is 1. The van der Waals surface area contributed by atoms with Crippen LogP contribution in [0.3, 0.4) is 0 Å². The topological polar surface area (TPSA) is 75.1 Å². The van der Waals surface area contributed by atoms with E-state index in [9.17, 15) is 4.79 Å². The number of carboxylic acid groups (broad SMARTS) is 1. The minimum Gasteiger partial charge on any atom is -0.481 e. The number of anilines is 1. The van der Waals surface area contributed by atoms with Gasteiger partial charge in [0.1, 0.15) is 5.82 Å². The summed E-state index contributed by atoms with van der Waals surface area (Å²) in [7, 11) is 0. The maximum atomic E-state index is 10.3. The van der Waals surface area contributed by atoms with Crippen LogP contribution in [0.15, 0.2) is 6.20 Å². The van der Waals surface area contributed by atoms with Crippen molar-refractivity contribution in [3.63, 3.8) is 0 Å². The molecule has 94 valence electrons. The van der Waals surface area contributed by atoms with Crippen molar-refractivity contribution in [3.05, 3.63) is 17.6 Å². The van der Waals surface area contributed by atoms with E-state index in [4.69, 9.17) is 5.11 Å². The predicted molar refractivity (Wildman–Crippen MR) is 66.1 cm³/mol. The zero-order chi connectivity index (χ0) is 12.7. The molecule has 1 rings (SSSR count). The molecule has 0 unspecified atom stereocenters. The Hall–Kier alpha value is -1.65. The third-order valence-corrected chi connectivity index (χ3v) is 2.44. The van der Waals surface area contributed by atoms with Gasteiger partial charge < -0.3 is 10.4 Å². The second-order valence-corrected chi connectivity index (χ2v) is 4.08. The third kappa shape index (κ3) is 5.29. The Kier molecular flexibility index (Phi) is 5.39. The summed E-state index contributed by atoms with van der Waals surface area (Å²) in [5.41, 5.74) is 1.78. The lowest BCUT2D eigenvalue weighted by molar-refractivity contribution is -0.137. The first-order valence-electron chi connectivity index (χ1n) is 5.85. The summed E-state index contributed by atoms with van der Waals surface area (Å²) >= 11 is 0. The monoisotopic (exact) mass is 237 g/mol. The molecule has 1 aromatic heterocycles. The number of carbonyl (C=O) groups is 1. The molecular formula is C12H19N3O2. The van der Waals surface area contributed by atoms with Crippen LogP contribution in [0, 0.1) is 13.8 Å². The first-order valence-corrected chi connectivity index (χ1v) is 5.85. The van der Waals surface area contributed by atoms with E-state index in [1.165, 1.54) is 0 Å². The lowest BCUT2D eigenvalue weighted by Gasteiger charge is -2.08. The number of hydrogen-bond acceptors (Lipinski definition) is 4. The maximum absolute atomic E-state index is 10.3. The molecule has 0 saturated heterocycles. The lowest BCUT2D eigenvalue weighted by atomic mass is 10.2. The molecule has 2 N–H and O–H groups in total. The van der Waals surface area contributed by atoms with Gasteiger partial charge in [0, 0.05) is 19.2 Å². The summed E-state index contributed by atoms with van der Waals surface area (Å²) in [6.45, 7) is 4.63. The number of aryl methyl sites for hydroxylation is 2. The van der Waals surface area contributed by atoms with Crippen LogP contribution in [0.4, 0.5) is 5.82 Å². The number of aromatic nitrogens is 2. The summed E-state index contributed by atoms with van der Waals surface area (Å²) in [6.07, 6.45) is 4.59. The van der Waals surface area contributed by atoms with Crippen molar-refractivity contribution in [1.29, 1.82) is 0 Å². The summed E-state index contributed by atoms with van der Waals surface area (Å²) in [5.74, 6) is 0.0987. The average molecular weight is 237 g/mol. The van der Waals surface area contributed by atoms with Crippen molar-refractivity contribution in [2.24, 2.45) is 0 Å². The van der Waals surface area contributed by atoms with Gasteiger partial charge in [-0.15, -0.1) is 0 Å². The molecule has 0 spiro atoms. The molecule has 0 fully saturated rings. The summed E-state index contributed by atoms with van der Waals surface area (Å²) in [6, 6.07) is 0. The fourth-order valence-electron chi connectivity index (χ4n) is 1.49. The zero-order valence-corrected chi connectivity index (χ0v) is 10.4. The Morgan fingerprint density at radius 1 is 1.35 bits per heavy atom. The largest absolute Gasteiger partial charge is 0.481 e. The number of aliphatic carboxylic acids is 1. The van der Waals surface area contributed by atoms with Crippen LogP contribution < -0.4 is 5.32 Å². The van der Waals surface area contributed by atoms with Gasteiger partial charge in [0.15, 0.2) is 0 Å². The van der Waals surface area contributed by atoms with Crippen molar-refractivity contribution in [3.8, 4) is 0 Å². The molecule has 0 amide bonds. The van der Waals surface area contributed by atoms with Gasteiger partial charge in [0.2, 0.25) is 0 Å². The number of unbranched alkanes of at least 4 members (excludes halogenated alkanes) is 2. The third-order valence-electron chi connectivity index (χ3n) is 2.44. The van der Waals surface area contributed by atoms with Gasteiger partial charge in [-0.1, -0.05) is 6.42 Å². The van der Waals surface area contributed by atoms with Gasteiger partial charge in [-0.2, -0.15) is 0 Å². The summed E-state index contributed by atoms with van der Waals surface area (Å²) < 4.78 is 0. The first kappa shape index (κ1) is 13.4. The Balaban J connectivity index is 2.22. The van der Waals surface area contributed by atoms with Gasteiger partial charge in [-0.25, -0.2) is 4.98 Å². The van der Waals surface area contributed by atoms with E-state index >= 15 is 0 Å². The fraction of sp³-hybridized carbons (Fsp3) is 0.583. The quantitative estimate of drug-likeness (QED) is 0.711. The van der Waals surface area contributed by atoms with Gasteiger partial charge in [-0.05, 0) is 26.7 Å². The van der Waals surface area contributed by atoms with Crippen LogP contribution in [-0.2, 0) is 4.79 Å². The predicted octanol–water partition coefficient (Wildman–Crippen LogP) is 2.15. The Bertz CT molecular complexity index is 380. The highest BCUT2D eigenvalue weighted by molar-refractivity contribution is 5.66. The Morgan fingerprint density at radius 2 is 2.12 bits per heavy atom. The first-order chi connectivity index (χ1) is 8.09. The van der Waals surface area contributed by atoms with Crippen molar-refractivity contribution in [2.45, 2.75) is 39.5 Å². The normalized spacial score (nSPS) is 10.2. The summed E-state index contributed by atoms with van der Waals surface area (Å²) in [5, 5.41) is 11.7. The molecule has 0 aromatic carbocycles. The lowest BCUT2D eigenvalue weighted by Crippen LogP contribution is -2.07. The maximum Gasteiger partial charge on any atom is 0.303 e. The molecular weight excluding hydrogens is 218 g/mol. The zero-order valence-electron chi connectivity index (χ0n) is 10.4. The molecule has 5 nitrogen and oxygen atoms in total. The van der Waals surface area contributed by atoms with Gasteiger partial charge >= 0.3 is 5.97 Å². The molecule has 0 bridgehead atoms. The fourth-order valence-corrected chi connectivity index (χ4v) is 1.49. The van der Waals surface area contributed by atoms with Crippen LogP contribution >= 0.6 is 0 Å². The molecule has 0 saturated carbocycles. The van der Waals surface area contributed by atoms with E-state index in [1.54, 1.807) is 6.20 Å². The minimum atomic E-state index is -0.724. The van der Waals surface area contributed by atoms with Crippen LogP contribution in [0.1, 0.15) is 37.1 Å². The van der Waals surface area contributed by atoms with E-state index < -0.39 is 5.97 Å². The second-order valence-electron chi connectivity index (χ2n) is 4.08. The van der Waals surface area contributed by atoms with Gasteiger partial charge in [0.25, 0.3) is 0 Å². The van der Waals surface area contributed by atoms with Crippen LogP contribution in [0.2, 0.25) is 0 Å². The van der Waals surface area contributed by atoms with Gasteiger partial charge in [-0.3, -0.25) is 9.78 Å². The van der Waals surface area contributed by atoms with E-state index in [1.807, 2.05) is 13.8 Å². The summed E-state index contributed by atoms with van der Waals surface area (Å²) in [4.78, 5) is 18.9. The number of nitrogens with zero attached hydrogens (tertiary/aromatic N) is 2. The van der Waals surface area contributed by atoms with E-state index in [0.29, 0.717) is 0 Å². The molecule has 1 aromatic rings. The molecule has 1 heterocycles. The van der Waals surface area contributed by atoms with Crippen molar-refractivity contribution < 1.29 is 9.90 Å². The van der Waals surface area contributed by atoms with Crippen LogP contribution in [-0.4, -0.2) is 27.6 Å². The van der Waals surface area contributed by atoms with Crippen molar-refractivity contribution >= 4 is 11.8 Å². The molecule has 0 aliphatic heterocycles. The highest BCUT2D eigenvalue weighted by Gasteiger charge is 2.01. The number of carboxylic acids is 1. The Morgan fingerprint density at radius 3 is 2.82 bits per heavy atom. The minimum absolute atomic E-state index is 0.253. The Labute approximate surface area is 101 Å². The molecule has 0 aliphatic carbocycles. The van der Waals surface area contributed by atoms with Gasteiger partial charge in [0.05, 0.1) is 11.4 Å². The number of hydrogen-bond donors (Lipinski definition) is 2. The highest BCUT2D eigenvalue weighted by atomic mass is 16.4. The van der Waals surface area contributed by atoms with E-state index in [0.717, 1.165) is 43.0 Å². The smallest absolute Gasteiger partial charge is 0.303 e. The average Bonchev–Trinajstić information content (AvgIpc) is 2.27. The molecule has 0 radical (unpaired) electrons. The molecule has 0 atom stereocenters. The SMILES string of the molecule is Cc1cnc(C)c(NCCCCCC(=O)O)n1.